The number of amides is 1. The van der Waals surface area contributed by atoms with Crippen molar-refractivity contribution in [3.05, 3.63) is 64.1 Å². The Hall–Kier alpha value is -2.73. The van der Waals surface area contributed by atoms with Crippen LogP contribution in [0.25, 0.3) is 10.8 Å². The molecule has 28 heavy (non-hydrogen) atoms. The van der Waals surface area contributed by atoms with Crippen LogP contribution in [0.15, 0.2) is 53.0 Å². The summed E-state index contributed by atoms with van der Waals surface area (Å²) in [6.45, 7) is 0.475. The first kappa shape index (κ1) is 20.0. The Morgan fingerprint density at radius 2 is 1.50 bits per heavy atom. The maximum absolute atomic E-state index is 12.7. The van der Waals surface area contributed by atoms with Crippen LogP contribution < -0.4 is 19.5 Å². The molecule has 0 bridgehead atoms. The van der Waals surface area contributed by atoms with Crippen LogP contribution in [0.4, 0.5) is 0 Å². The molecular formula is C22H22BrNO4. The highest BCUT2D eigenvalue weighted by Crippen LogP contribution is 2.33. The standard InChI is InChI=1S/C22H22BrNO4/c1-26-19-11-15-7-5-4-6-14(15)10-17(19)22(25)24-9-8-16-12-20(27-2)21(28-3)13-18(16)23/h4-7,10-13H,8-9H2,1-3H3,(H,24,25). The lowest BCUT2D eigenvalue weighted by Crippen LogP contribution is -2.26. The highest BCUT2D eigenvalue weighted by molar-refractivity contribution is 9.10. The average molecular weight is 444 g/mol. The smallest absolute Gasteiger partial charge is 0.255 e. The van der Waals surface area contributed by atoms with Gasteiger partial charge in [0.05, 0.1) is 26.9 Å². The van der Waals surface area contributed by atoms with Crippen LogP contribution >= 0.6 is 15.9 Å². The summed E-state index contributed by atoms with van der Waals surface area (Å²) in [7, 11) is 4.77. The Balaban J connectivity index is 1.74. The molecule has 3 rings (SSSR count). The summed E-state index contributed by atoms with van der Waals surface area (Å²) in [6, 6.07) is 15.4. The molecule has 1 N–H and O–H groups in total. The van der Waals surface area contributed by atoms with Gasteiger partial charge in [-0.15, -0.1) is 0 Å². The van der Waals surface area contributed by atoms with Crippen LogP contribution in [0.1, 0.15) is 15.9 Å². The molecule has 0 saturated carbocycles. The Morgan fingerprint density at radius 3 is 2.14 bits per heavy atom. The molecule has 146 valence electrons. The zero-order valence-electron chi connectivity index (χ0n) is 16.0. The second-order valence-electron chi connectivity index (χ2n) is 6.20. The van der Waals surface area contributed by atoms with Gasteiger partial charge in [-0.2, -0.15) is 0 Å². The highest BCUT2D eigenvalue weighted by Gasteiger charge is 2.14. The molecule has 1 amide bonds. The summed E-state index contributed by atoms with van der Waals surface area (Å²) < 4.78 is 17.0. The van der Waals surface area contributed by atoms with Gasteiger partial charge in [0.25, 0.3) is 5.91 Å². The van der Waals surface area contributed by atoms with E-state index in [9.17, 15) is 4.79 Å². The lowest BCUT2D eigenvalue weighted by Gasteiger charge is -2.13. The third-order valence-corrected chi connectivity index (χ3v) is 5.28. The molecule has 3 aromatic rings. The summed E-state index contributed by atoms with van der Waals surface area (Å²) >= 11 is 3.55. The third-order valence-electron chi connectivity index (χ3n) is 4.54. The Kier molecular flexibility index (Phi) is 6.41. The third kappa shape index (κ3) is 4.22. The molecule has 3 aromatic carbocycles. The predicted octanol–water partition coefficient (Wildman–Crippen LogP) is 4.60. The molecule has 0 aliphatic heterocycles. The summed E-state index contributed by atoms with van der Waals surface area (Å²) in [4.78, 5) is 12.7. The lowest BCUT2D eigenvalue weighted by atomic mass is 10.1. The fourth-order valence-electron chi connectivity index (χ4n) is 3.06. The minimum absolute atomic E-state index is 0.167. The summed E-state index contributed by atoms with van der Waals surface area (Å²) in [5.74, 6) is 1.70. The maximum Gasteiger partial charge on any atom is 0.255 e. The van der Waals surface area contributed by atoms with Gasteiger partial charge in [0.1, 0.15) is 5.75 Å². The molecule has 0 fully saturated rings. The number of hydrogen-bond donors (Lipinski definition) is 1. The first-order valence-corrected chi connectivity index (χ1v) is 9.62. The van der Waals surface area contributed by atoms with E-state index in [1.807, 2.05) is 48.5 Å². The predicted molar refractivity (Wildman–Crippen MR) is 114 cm³/mol. The normalized spacial score (nSPS) is 10.6. The number of carbonyl (C=O) groups is 1. The van der Waals surface area contributed by atoms with Crippen molar-refractivity contribution in [3.63, 3.8) is 0 Å². The zero-order chi connectivity index (χ0) is 20.1. The summed E-state index contributed by atoms with van der Waals surface area (Å²) in [5.41, 5.74) is 1.54. The second kappa shape index (κ2) is 8.97. The van der Waals surface area contributed by atoms with E-state index >= 15 is 0 Å². The molecule has 0 spiro atoms. The number of nitrogens with one attached hydrogen (secondary N) is 1. The van der Waals surface area contributed by atoms with Gasteiger partial charge in [0, 0.05) is 11.0 Å². The van der Waals surface area contributed by atoms with E-state index in [-0.39, 0.29) is 5.91 Å². The lowest BCUT2D eigenvalue weighted by molar-refractivity contribution is 0.0951. The molecule has 0 heterocycles. The van der Waals surface area contributed by atoms with Crippen molar-refractivity contribution in [2.24, 2.45) is 0 Å². The molecule has 5 nitrogen and oxygen atoms in total. The quantitative estimate of drug-likeness (QED) is 0.579. The van der Waals surface area contributed by atoms with Crippen molar-refractivity contribution < 1.29 is 19.0 Å². The van der Waals surface area contributed by atoms with Gasteiger partial charge in [-0.25, -0.2) is 0 Å². The molecule has 0 aromatic heterocycles. The van der Waals surface area contributed by atoms with Crippen LogP contribution in [0.2, 0.25) is 0 Å². The summed E-state index contributed by atoms with van der Waals surface area (Å²) in [6.07, 6.45) is 0.641. The number of methoxy groups -OCH3 is 3. The molecule has 0 radical (unpaired) electrons. The fourth-order valence-corrected chi connectivity index (χ4v) is 3.58. The van der Waals surface area contributed by atoms with Crippen molar-refractivity contribution in [1.29, 1.82) is 0 Å². The van der Waals surface area contributed by atoms with Crippen LogP contribution in [0.5, 0.6) is 17.2 Å². The monoisotopic (exact) mass is 443 g/mol. The van der Waals surface area contributed by atoms with E-state index in [0.29, 0.717) is 35.8 Å². The van der Waals surface area contributed by atoms with Crippen LogP contribution in [0.3, 0.4) is 0 Å². The molecule has 0 aliphatic rings. The van der Waals surface area contributed by atoms with Crippen LogP contribution in [-0.4, -0.2) is 33.8 Å². The molecule has 6 heteroatoms. The topological polar surface area (TPSA) is 56.8 Å². The first-order chi connectivity index (χ1) is 13.6. The van der Waals surface area contributed by atoms with Crippen molar-refractivity contribution in [2.75, 3.05) is 27.9 Å². The minimum atomic E-state index is -0.167. The van der Waals surface area contributed by atoms with Gasteiger partial charge in [-0.05, 0) is 47.0 Å². The first-order valence-electron chi connectivity index (χ1n) is 8.82. The average Bonchev–Trinajstić information content (AvgIpc) is 2.73. The van der Waals surface area contributed by atoms with Gasteiger partial charge in [0.15, 0.2) is 11.5 Å². The van der Waals surface area contributed by atoms with Gasteiger partial charge >= 0.3 is 0 Å². The van der Waals surface area contributed by atoms with E-state index in [1.165, 1.54) is 0 Å². The number of rotatable bonds is 7. The zero-order valence-corrected chi connectivity index (χ0v) is 17.6. The van der Waals surface area contributed by atoms with Crippen LogP contribution in [0, 0.1) is 0 Å². The Labute approximate surface area is 172 Å². The summed E-state index contributed by atoms with van der Waals surface area (Å²) in [5, 5.41) is 5.00. The van der Waals surface area contributed by atoms with Crippen molar-refractivity contribution >= 4 is 32.6 Å². The fraction of sp³-hybridized carbons (Fsp3) is 0.227. The minimum Gasteiger partial charge on any atom is -0.496 e. The largest absolute Gasteiger partial charge is 0.496 e. The molecule has 0 atom stereocenters. The van der Waals surface area contributed by atoms with Crippen molar-refractivity contribution in [1.82, 2.24) is 5.32 Å². The van der Waals surface area contributed by atoms with Gasteiger partial charge in [-0.1, -0.05) is 40.2 Å². The Morgan fingerprint density at radius 1 is 0.893 bits per heavy atom. The maximum atomic E-state index is 12.7. The van der Waals surface area contributed by atoms with E-state index in [4.69, 9.17) is 14.2 Å². The molecule has 0 saturated heterocycles. The highest BCUT2D eigenvalue weighted by atomic mass is 79.9. The van der Waals surface area contributed by atoms with Crippen molar-refractivity contribution in [3.8, 4) is 17.2 Å². The molecule has 0 unspecified atom stereocenters. The van der Waals surface area contributed by atoms with Gasteiger partial charge in [0.2, 0.25) is 0 Å². The van der Waals surface area contributed by atoms with Gasteiger partial charge in [-0.3, -0.25) is 4.79 Å². The number of fused-ring (bicyclic) bond motifs is 1. The SMILES string of the molecule is COc1cc(Br)c(CCNC(=O)c2cc3ccccc3cc2OC)cc1OC. The van der Waals surface area contributed by atoms with E-state index < -0.39 is 0 Å². The van der Waals surface area contributed by atoms with Gasteiger partial charge < -0.3 is 19.5 Å². The van der Waals surface area contributed by atoms with E-state index in [0.717, 1.165) is 20.8 Å². The number of halogens is 1. The molecular weight excluding hydrogens is 422 g/mol. The number of ether oxygens (including phenoxy) is 3. The Bertz CT molecular complexity index is 1000. The molecule has 0 aliphatic carbocycles. The van der Waals surface area contributed by atoms with Crippen LogP contribution in [-0.2, 0) is 6.42 Å². The number of benzene rings is 3. The number of carbonyl (C=O) groups excluding carboxylic acids is 1. The second-order valence-corrected chi connectivity index (χ2v) is 7.06. The number of hydrogen-bond acceptors (Lipinski definition) is 4. The van der Waals surface area contributed by atoms with E-state index in [2.05, 4.69) is 21.2 Å². The van der Waals surface area contributed by atoms with E-state index in [1.54, 1.807) is 21.3 Å². The van der Waals surface area contributed by atoms with Crippen molar-refractivity contribution in [2.45, 2.75) is 6.42 Å².